The predicted octanol–water partition coefficient (Wildman–Crippen LogP) is 0.983. The predicted molar refractivity (Wildman–Crippen MR) is 47.6 cm³/mol. The van der Waals surface area contributed by atoms with Gasteiger partial charge in [-0.1, -0.05) is 0 Å². The fourth-order valence-electron chi connectivity index (χ4n) is 2.93. The van der Waals surface area contributed by atoms with Crippen LogP contribution < -0.4 is 0 Å². The number of aromatic nitrogens is 2. The summed E-state index contributed by atoms with van der Waals surface area (Å²) in [6, 6.07) is 1.94. The third kappa shape index (κ3) is 0.720. The van der Waals surface area contributed by atoms with Crippen molar-refractivity contribution in [3.63, 3.8) is 0 Å². The highest BCUT2D eigenvalue weighted by Gasteiger charge is 2.72. The Morgan fingerprint density at radius 1 is 1.36 bits per heavy atom. The summed E-state index contributed by atoms with van der Waals surface area (Å²) in [6.07, 6.45) is 5.76. The maximum Gasteiger partial charge on any atom is 0.309 e. The first kappa shape index (κ1) is 7.91. The summed E-state index contributed by atoms with van der Waals surface area (Å²) in [5, 5.41) is 16.5. The van der Waals surface area contributed by atoms with Crippen molar-refractivity contribution in [3.8, 4) is 0 Å². The van der Waals surface area contributed by atoms with Gasteiger partial charge in [0, 0.05) is 11.6 Å². The van der Waals surface area contributed by atoms with E-state index in [0.717, 1.165) is 24.8 Å². The molecule has 0 radical (unpaired) electrons. The molecule has 1 heterocycles. The molecule has 3 aliphatic carbocycles. The Hall–Kier alpha value is -1.45. The maximum absolute atomic E-state index is 10.9. The fraction of sp³-hybridized carbons (Fsp3) is 0.500. The number of carbonyl (C=O) groups is 1. The lowest BCUT2D eigenvalue weighted by Crippen LogP contribution is -2.67. The molecule has 1 aromatic rings. The van der Waals surface area contributed by atoms with E-state index in [-0.39, 0.29) is 5.41 Å². The van der Waals surface area contributed by atoms with E-state index in [1.807, 2.05) is 6.07 Å². The molecule has 72 valence electrons. The first-order valence-corrected chi connectivity index (χ1v) is 4.68. The molecule has 1 N–H and O–H groups in total. The van der Waals surface area contributed by atoms with Crippen LogP contribution in [0.5, 0.6) is 0 Å². The van der Waals surface area contributed by atoms with Gasteiger partial charge in [0.05, 0.1) is 11.6 Å². The lowest BCUT2D eigenvalue weighted by molar-refractivity contribution is -0.194. The van der Waals surface area contributed by atoms with Crippen molar-refractivity contribution in [1.29, 1.82) is 0 Å². The summed E-state index contributed by atoms with van der Waals surface area (Å²) in [5.74, 6) is -0.638. The zero-order valence-electron chi connectivity index (χ0n) is 7.60. The summed E-state index contributed by atoms with van der Waals surface area (Å²) in [5.41, 5.74) is 0.869. The van der Waals surface area contributed by atoms with Crippen LogP contribution in [0.15, 0.2) is 18.5 Å². The molecule has 0 amide bonds. The number of hydrogen-bond acceptors (Lipinski definition) is 3. The van der Waals surface area contributed by atoms with Gasteiger partial charge in [0.2, 0.25) is 0 Å². The van der Waals surface area contributed by atoms with Crippen molar-refractivity contribution >= 4 is 5.97 Å². The van der Waals surface area contributed by atoms with E-state index in [1.54, 1.807) is 12.4 Å². The van der Waals surface area contributed by atoms with Crippen LogP contribution in [0, 0.1) is 5.41 Å². The molecule has 2 bridgehead atoms. The SMILES string of the molecule is O=C(O)C12CC(c3ccnnc3)(C1)C2. The first-order valence-electron chi connectivity index (χ1n) is 4.68. The van der Waals surface area contributed by atoms with Gasteiger partial charge in [0.25, 0.3) is 0 Å². The standard InChI is InChI=1S/C10H10N2O2/c13-8(14)10-4-9(5-10,6-10)7-1-2-11-12-3-7/h1-3H,4-6H2,(H,13,14). The lowest BCUT2D eigenvalue weighted by atomic mass is 9.33. The molecule has 3 aliphatic rings. The van der Waals surface area contributed by atoms with Crippen molar-refractivity contribution in [1.82, 2.24) is 10.2 Å². The van der Waals surface area contributed by atoms with Gasteiger partial charge in [-0.25, -0.2) is 0 Å². The molecule has 3 fully saturated rings. The van der Waals surface area contributed by atoms with Crippen LogP contribution in [0.1, 0.15) is 24.8 Å². The van der Waals surface area contributed by atoms with Gasteiger partial charge in [0.1, 0.15) is 0 Å². The molecule has 0 atom stereocenters. The van der Waals surface area contributed by atoms with Crippen molar-refractivity contribution in [2.24, 2.45) is 5.41 Å². The molecule has 1 aromatic heterocycles. The Morgan fingerprint density at radius 3 is 2.57 bits per heavy atom. The topological polar surface area (TPSA) is 63.1 Å². The van der Waals surface area contributed by atoms with E-state index >= 15 is 0 Å². The summed E-state index contributed by atoms with van der Waals surface area (Å²) in [7, 11) is 0. The molecule has 0 unspecified atom stereocenters. The van der Waals surface area contributed by atoms with Crippen LogP contribution in [0.3, 0.4) is 0 Å². The number of aliphatic carboxylic acids is 1. The molecule has 4 rings (SSSR count). The quantitative estimate of drug-likeness (QED) is 0.755. The molecule has 3 saturated carbocycles. The fourth-order valence-corrected chi connectivity index (χ4v) is 2.93. The maximum atomic E-state index is 10.9. The summed E-state index contributed by atoms with van der Waals surface area (Å²) >= 11 is 0. The van der Waals surface area contributed by atoms with E-state index in [0.29, 0.717) is 0 Å². The lowest BCUT2D eigenvalue weighted by Gasteiger charge is -2.68. The number of rotatable bonds is 2. The third-order valence-electron chi connectivity index (χ3n) is 3.68. The number of hydrogen-bond donors (Lipinski definition) is 1. The second-order valence-electron chi connectivity index (χ2n) is 4.53. The molecule has 4 nitrogen and oxygen atoms in total. The summed E-state index contributed by atoms with van der Waals surface area (Å²) in [4.78, 5) is 10.9. The van der Waals surface area contributed by atoms with Gasteiger partial charge in [-0.2, -0.15) is 10.2 Å². The van der Waals surface area contributed by atoms with Gasteiger partial charge >= 0.3 is 5.97 Å². The highest BCUT2D eigenvalue weighted by molar-refractivity contribution is 5.80. The van der Waals surface area contributed by atoms with Crippen molar-refractivity contribution in [3.05, 3.63) is 24.0 Å². The zero-order chi connectivity index (χ0) is 9.81. The van der Waals surface area contributed by atoms with Crippen LogP contribution in [0.4, 0.5) is 0 Å². The largest absolute Gasteiger partial charge is 0.481 e. The van der Waals surface area contributed by atoms with E-state index in [9.17, 15) is 4.79 Å². The van der Waals surface area contributed by atoms with Crippen LogP contribution in [0.25, 0.3) is 0 Å². The van der Waals surface area contributed by atoms with E-state index in [4.69, 9.17) is 5.11 Å². The number of carboxylic acid groups (broad SMARTS) is 1. The molecule has 0 aliphatic heterocycles. The highest BCUT2D eigenvalue weighted by atomic mass is 16.4. The monoisotopic (exact) mass is 190 g/mol. The van der Waals surface area contributed by atoms with Crippen molar-refractivity contribution in [2.75, 3.05) is 0 Å². The molecule has 14 heavy (non-hydrogen) atoms. The molecular weight excluding hydrogens is 180 g/mol. The van der Waals surface area contributed by atoms with Crippen LogP contribution in [0.2, 0.25) is 0 Å². The van der Waals surface area contributed by atoms with E-state index in [1.165, 1.54) is 0 Å². The first-order chi connectivity index (χ1) is 6.67. The Bertz CT molecular complexity index is 382. The molecule has 0 spiro atoms. The smallest absolute Gasteiger partial charge is 0.309 e. The number of carboxylic acids is 1. The molecule has 0 saturated heterocycles. The van der Waals surface area contributed by atoms with Gasteiger partial charge in [-0.3, -0.25) is 4.79 Å². The minimum absolute atomic E-state index is 0.119. The average molecular weight is 190 g/mol. The minimum Gasteiger partial charge on any atom is -0.481 e. The molecule has 0 aromatic carbocycles. The normalized spacial score (nSPS) is 38.3. The summed E-state index contributed by atoms with van der Waals surface area (Å²) < 4.78 is 0. The molecule has 4 heteroatoms. The van der Waals surface area contributed by atoms with Gasteiger partial charge in [-0.15, -0.1) is 0 Å². The second kappa shape index (κ2) is 2.13. The molecular formula is C10H10N2O2. The Balaban J connectivity index is 1.85. The average Bonchev–Trinajstić information content (AvgIpc) is 2.00. The Morgan fingerprint density at radius 2 is 2.07 bits per heavy atom. The zero-order valence-corrected chi connectivity index (χ0v) is 7.60. The van der Waals surface area contributed by atoms with Gasteiger partial charge in [-0.05, 0) is 30.9 Å². The van der Waals surface area contributed by atoms with Gasteiger partial charge in [0.15, 0.2) is 0 Å². The van der Waals surface area contributed by atoms with Crippen LogP contribution in [-0.2, 0) is 10.2 Å². The Kier molecular flexibility index (Phi) is 1.20. The van der Waals surface area contributed by atoms with E-state index in [2.05, 4.69) is 10.2 Å². The van der Waals surface area contributed by atoms with Crippen LogP contribution >= 0.6 is 0 Å². The summed E-state index contributed by atoms with van der Waals surface area (Å²) in [6.45, 7) is 0. The Labute approximate surface area is 81.0 Å². The minimum atomic E-state index is -0.638. The van der Waals surface area contributed by atoms with Crippen molar-refractivity contribution < 1.29 is 9.90 Å². The van der Waals surface area contributed by atoms with Crippen LogP contribution in [-0.4, -0.2) is 21.3 Å². The highest BCUT2D eigenvalue weighted by Crippen LogP contribution is 2.73. The number of nitrogens with zero attached hydrogens (tertiary/aromatic N) is 2. The second-order valence-corrected chi connectivity index (χ2v) is 4.53. The van der Waals surface area contributed by atoms with E-state index < -0.39 is 11.4 Å². The third-order valence-corrected chi connectivity index (χ3v) is 3.68. The van der Waals surface area contributed by atoms with Gasteiger partial charge < -0.3 is 5.11 Å². The van der Waals surface area contributed by atoms with Crippen molar-refractivity contribution in [2.45, 2.75) is 24.7 Å².